The Kier molecular flexibility index (Phi) is 4.82. The fourth-order valence-corrected chi connectivity index (χ4v) is 1.63. The second-order valence-electron chi connectivity index (χ2n) is 4.51. The Morgan fingerprint density at radius 2 is 1.94 bits per heavy atom. The highest BCUT2D eigenvalue weighted by molar-refractivity contribution is 6.33. The molecule has 2 N–H and O–H groups in total. The van der Waals surface area contributed by atoms with Gasteiger partial charge in [0.25, 0.3) is 0 Å². The molecule has 0 fully saturated rings. The van der Waals surface area contributed by atoms with E-state index in [2.05, 4.69) is 10.6 Å². The highest BCUT2D eigenvalue weighted by atomic mass is 35.5. The third-order valence-electron chi connectivity index (χ3n) is 2.32. The topological polar surface area (TPSA) is 41.1 Å². The lowest BCUT2D eigenvalue weighted by molar-refractivity contribution is -0.122. The van der Waals surface area contributed by atoms with Gasteiger partial charge in [0.15, 0.2) is 0 Å². The van der Waals surface area contributed by atoms with Crippen LogP contribution in [0.1, 0.15) is 26.3 Å². The molecule has 1 rings (SSSR count). The average Bonchev–Trinajstić information content (AvgIpc) is 2.22. The quantitative estimate of drug-likeness (QED) is 0.867. The summed E-state index contributed by atoms with van der Waals surface area (Å²) < 4.78 is 0. The molecule has 0 saturated carbocycles. The Labute approximate surface area is 108 Å². The zero-order chi connectivity index (χ0) is 13.0. The van der Waals surface area contributed by atoms with Crippen molar-refractivity contribution in [3.05, 3.63) is 28.8 Å². The van der Waals surface area contributed by atoms with E-state index >= 15 is 0 Å². The van der Waals surface area contributed by atoms with Crippen LogP contribution in [0.15, 0.2) is 18.2 Å². The van der Waals surface area contributed by atoms with Crippen LogP contribution >= 0.6 is 11.6 Å². The first-order chi connectivity index (χ1) is 7.90. The van der Waals surface area contributed by atoms with Gasteiger partial charge in [-0.05, 0) is 45.4 Å². The van der Waals surface area contributed by atoms with Crippen LogP contribution in [0.4, 0.5) is 5.69 Å². The molecular formula is C13H19ClN2O. The predicted octanol–water partition coefficient (Wildman–Crippen LogP) is 2.97. The minimum absolute atomic E-state index is 0.0300. The SMILES string of the molecule is Cc1ccc(Cl)c(NC(C)C(=O)NC(C)C)c1. The van der Waals surface area contributed by atoms with Crippen LogP contribution in [0, 0.1) is 6.92 Å². The van der Waals surface area contributed by atoms with E-state index in [4.69, 9.17) is 11.6 Å². The zero-order valence-electron chi connectivity index (χ0n) is 10.7. The van der Waals surface area contributed by atoms with Crippen molar-refractivity contribution in [2.45, 2.75) is 39.8 Å². The van der Waals surface area contributed by atoms with Gasteiger partial charge in [-0.3, -0.25) is 4.79 Å². The van der Waals surface area contributed by atoms with E-state index in [1.54, 1.807) is 0 Å². The number of carbonyl (C=O) groups is 1. The number of amides is 1. The van der Waals surface area contributed by atoms with E-state index in [1.165, 1.54) is 0 Å². The number of halogens is 1. The summed E-state index contributed by atoms with van der Waals surface area (Å²) in [4.78, 5) is 11.7. The highest BCUT2D eigenvalue weighted by Gasteiger charge is 2.14. The molecule has 4 heteroatoms. The average molecular weight is 255 g/mol. The smallest absolute Gasteiger partial charge is 0.242 e. The summed E-state index contributed by atoms with van der Waals surface area (Å²) in [6.45, 7) is 7.67. The van der Waals surface area contributed by atoms with E-state index in [0.717, 1.165) is 11.3 Å². The van der Waals surface area contributed by atoms with Crippen LogP contribution in [0.2, 0.25) is 5.02 Å². The maximum Gasteiger partial charge on any atom is 0.242 e. The highest BCUT2D eigenvalue weighted by Crippen LogP contribution is 2.23. The number of anilines is 1. The molecular weight excluding hydrogens is 236 g/mol. The summed E-state index contributed by atoms with van der Waals surface area (Å²) in [5.41, 5.74) is 1.89. The van der Waals surface area contributed by atoms with Crippen molar-refractivity contribution < 1.29 is 4.79 Å². The van der Waals surface area contributed by atoms with Crippen LogP contribution in [-0.2, 0) is 4.79 Å². The second kappa shape index (κ2) is 5.92. The molecule has 0 spiro atoms. The van der Waals surface area contributed by atoms with Gasteiger partial charge in [0.1, 0.15) is 6.04 Å². The van der Waals surface area contributed by atoms with Gasteiger partial charge >= 0.3 is 0 Å². The summed E-state index contributed by atoms with van der Waals surface area (Å²) in [6.07, 6.45) is 0. The molecule has 0 bridgehead atoms. The largest absolute Gasteiger partial charge is 0.373 e. The fourth-order valence-electron chi connectivity index (χ4n) is 1.46. The van der Waals surface area contributed by atoms with Crippen molar-refractivity contribution in [2.75, 3.05) is 5.32 Å². The van der Waals surface area contributed by atoms with Crippen LogP contribution in [0.5, 0.6) is 0 Å². The number of carbonyl (C=O) groups excluding carboxylic acids is 1. The van der Waals surface area contributed by atoms with E-state index in [-0.39, 0.29) is 18.0 Å². The normalized spacial score (nSPS) is 12.4. The Morgan fingerprint density at radius 3 is 2.53 bits per heavy atom. The lowest BCUT2D eigenvalue weighted by atomic mass is 10.2. The first-order valence-corrected chi connectivity index (χ1v) is 6.11. The zero-order valence-corrected chi connectivity index (χ0v) is 11.4. The minimum Gasteiger partial charge on any atom is -0.373 e. The Hall–Kier alpha value is -1.22. The molecule has 17 heavy (non-hydrogen) atoms. The second-order valence-corrected chi connectivity index (χ2v) is 4.92. The predicted molar refractivity (Wildman–Crippen MR) is 72.6 cm³/mol. The number of hydrogen-bond donors (Lipinski definition) is 2. The van der Waals surface area contributed by atoms with Crippen molar-refractivity contribution in [2.24, 2.45) is 0 Å². The van der Waals surface area contributed by atoms with Crippen molar-refractivity contribution in [3.8, 4) is 0 Å². The van der Waals surface area contributed by atoms with Crippen LogP contribution < -0.4 is 10.6 Å². The molecule has 0 aliphatic heterocycles. The van der Waals surface area contributed by atoms with Gasteiger partial charge in [-0.15, -0.1) is 0 Å². The fraction of sp³-hybridized carbons (Fsp3) is 0.462. The molecule has 0 radical (unpaired) electrons. The number of hydrogen-bond acceptors (Lipinski definition) is 2. The van der Waals surface area contributed by atoms with Crippen molar-refractivity contribution in [3.63, 3.8) is 0 Å². The van der Waals surface area contributed by atoms with Gasteiger partial charge in [0.05, 0.1) is 10.7 Å². The molecule has 0 heterocycles. The van der Waals surface area contributed by atoms with Crippen molar-refractivity contribution >= 4 is 23.2 Å². The van der Waals surface area contributed by atoms with Gasteiger partial charge in [-0.1, -0.05) is 17.7 Å². The van der Waals surface area contributed by atoms with Gasteiger partial charge in [-0.2, -0.15) is 0 Å². The lowest BCUT2D eigenvalue weighted by Gasteiger charge is -2.18. The summed E-state index contributed by atoms with van der Waals surface area (Å²) >= 11 is 6.06. The Balaban J connectivity index is 2.70. The van der Waals surface area contributed by atoms with E-state index < -0.39 is 0 Å². The van der Waals surface area contributed by atoms with Crippen molar-refractivity contribution in [1.82, 2.24) is 5.32 Å². The first kappa shape index (κ1) is 13.8. The Bertz CT molecular complexity index is 404. The molecule has 1 amide bonds. The van der Waals surface area contributed by atoms with Crippen LogP contribution in [0.25, 0.3) is 0 Å². The first-order valence-electron chi connectivity index (χ1n) is 5.73. The molecule has 1 aromatic carbocycles. The molecule has 0 aliphatic rings. The maximum atomic E-state index is 11.7. The van der Waals surface area contributed by atoms with Gasteiger partial charge in [-0.25, -0.2) is 0 Å². The van der Waals surface area contributed by atoms with Gasteiger partial charge in [0.2, 0.25) is 5.91 Å². The number of rotatable bonds is 4. The summed E-state index contributed by atoms with van der Waals surface area (Å²) in [5.74, 6) is -0.0300. The monoisotopic (exact) mass is 254 g/mol. The van der Waals surface area contributed by atoms with Crippen LogP contribution in [0.3, 0.4) is 0 Å². The van der Waals surface area contributed by atoms with E-state index in [1.807, 2.05) is 45.9 Å². The third kappa shape index (κ3) is 4.27. The molecule has 0 aliphatic carbocycles. The van der Waals surface area contributed by atoms with Gasteiger partial charge in [0, 0.05) is 6.04 Å². The molecule has 0 aromatic heterocycles. The number of nitrogens with one attached hydrogen (secondary N) is 2. The molecule has 1 unspecified atom stereocenters. The molecule has 0 saturated heterocycles. The third-order valence-corrected chi connectivity index (χ3v) is 2.65. The van der Waals surface area contributed by atoms with E-state index in [9.17, 15) is 4.79 Å². The summed E-state index contributed by atoms with van der Waals surface area (Å²) in [7, 11) is 0. The molecule has 3 nitrogen and oxygen atoms in total. The maximum absolute atomic E-state index is 11.7. The molecule has 1 atom stereocenters. The summed E-state index contributed by atoms with van der Waals surface area (Å²) in [6, 6.07) is 5.52. The standard InChI is InChI=1S/C13H19ClN2O/c1-8(2)15-13(17)10(4)16-12-7-9(3)5-6-11(12)14/h5-8,10,16H,1-4H3,(H,15,17). The summed E-state index contributed by atoms with van der Waals surface area (Å²) in [5, 5.41) is 6.59. The van der Waals surface area contributed by atoms with Crippen LogP contribution in [-0.4, -0.2) is 18.0 Å². The number of aryl methyl sites for hydroxylation is 1. The number of benzene rings is 1. The van der Waals surface area contributed by atoms with Crippen molar-refractivity contribution in [1.29, 1.82) is 0 Å². The van der Waals surface area contributed by atoms with E-state index in [0.29, 0.717) is 5.02 Å². The molecule has 94 valence electrons. The molecule has 1 aromatic rings. The Morgan fingerprint density at radius 1 is 1.29 bits per heavy atom. The lowest BCUT2D eigenvalue weighted by Crippen LogP contribution is -2.41. The minimum atomic E-state index is -0.309. The van der Waals surface area contributed by atoms with Gasteiger partial charge < -0.3 is 10.6 Å².